The lowest BCUT2D eigenvalue weighted by molar-refractivity contribution is -0.118. The largest absolute Gasteiger partial charge is 0.490 e. The normalized spacial score (nSPS) is 10.8. The summed E-state index contributed by atoms with van der Waals surface area (Å²) < 4.78 is 13.4. The molecular weight excluding hydrogens is 386 g/mol. The summed E-state index contributed by atoms with van der Waals surface area (Å²) in [5.74, 6) is 0.920. The van der Waals surface area contributed by atoms with Crippen molar-refractivity contribution < 1.29 is 14.3 Å². The first kappa shape index (κ1) is 20.9. The molecule has 0 saturated carbocycles. The lowest BCUT2D eigenvalue weighted by Gasteiger charge is -2.11. The van der Waals surface area contributed by atoms with Crippen LogP contribution in [0.1, 0.15) is 31.7 Å². The van der Waals surface area contributed by atoms with E-state index >= 15 is 0 Å². The van der Waals surface area contributed by atoms with Crippen LogP contribution in [0.25, 0.3) is 11.3 Å². The third kappa shape index (κ3) is 4.98. The van der Waals surface area contributed by atoms with Gasteiger partial charge >= 0.3 is 0 Å². The molecule has 2 heterocycles. The predicted molar refractivity (Wildman–Crippen MR) is 117 cm³/mol. The highest BCUT2D eigenvalue weighted by molar-refractivity contribution is 7.14. The van der Waals surface area contributed by atoms with Gasteiger partial charge in [0.25, 0.3) is 5.91 Å². The maximum Gasteiger partial charge on any atom is 0.264 e. The lowest BCUT2D eigenvalue weighted by atomic mass is 10.2. The van der Waals surface area contributed by atoms with Gasteiger partial charge in [-0.1, -0.05) is 19.1 Å². The number of benzene rings is 1. The second-order valence-corrected chi connectivity index (χ2v) is 7.55. The van der Waals surface area contributed by atoms with Gasteiger partial charge in [-0.2, -0.15) is 0 Å². The number of ether oxygens (including phenoxy) is 2. The maximum absolute atomic E-state index is 12.3. The van der Waals surface area contributed by atoms with Crippen LogP contribution in [0.15, 0.2) is 35.7 Å². The molecule has 2 aromatic heterocycles. The molecule has 7 heteroatoms. The van der Waals surface area contributed by atoms with E-state index in [4.69, 9.17) is 9.47 Å². The Morgan fingerprint density at radius 2 is 1.90 bits per heavy atom. The van der Waals surface area contributed by atoms with Gasteiger partial charge in [-0.15, -0.1) is 11.3 Å². The third-order valence-electron chi connectivity index (χ3n) is 4.56. The number of para-hydroxylation sites is 2. The van der Waals surface area contributed by atoms with Crippen molar-refractivity contribution in [2.75, 3.05) is 18.5 Å². The Morgan fingerprint density at radius 3 is 2.59 bits per heavy atom. The van der Waals surface area contributed by atoms with Crippen molar-refractivity contribution in [2.24, 2.45) is 0 Å². The van der Waals surface area contributed by atoms with Crippen LogP contribution in [0.2, 0.25) is 0 Å². The number of carbonyl (C=O) groups is 1. The molecule has 3 aromatic rings. The van der Waals surface area contributed by atoms with Gasteiger partial charge in [-0.05, 0) is 45.4 Å². The third-order valence-corrected chi connectivity index (χ3v) is 5.31. The minimum atomic E-state index is -0.256. The minimum Gasteiger partial charge on any atom is -0.490 e. The van der Waals surface area contributed by atoms with E-state index in [9.17, 15) is 4.79 Å². The number of aromatic nitrogens is 2. The van der Waals surface area contributed by atoms with Crippen LogP contribution in [0, 0.1) is 13.8 Å². The number of hydrogen-bond acceptors (Lipinski definition) is 5. The predicted octanol–water partition coefficient (Wildman–Crippen LogP) is 5.05. The zero-order chi connectivity index (χ0) is 20.8. The average Bonchev–Trinajstić information content (AvgIpc) is 3.27. The molecule has 0 aliphatic rings. The van der Waals surface area contributed by atoms with Gasteiger partial charge < -0.3 is 14.0 Å². The lowest BCUT2D eigenvalue weighted by Crippen LogP contribution is -2.20. The van der Waals surface area contributed by atoms with E-state index in [1.54, 1.807) is 6.07 Å². The molecule has 0 aliphatic heterocycles. The quantitative estimate of drug-likeness (QED) is 0.533. The number of rotatable bonds is 9. The number of hydrogen-bond donors (Lipinski definition) is 1. The molecule has 0 fully saturated rings. The molecule has 0 spiro atoms. The zero-order valence-electron chi connectivity index (χ0n) is 17.3. The molecule has 0 atom stereocenters. The summed E-state index contributed by atoms with van der Waals surface area (Å²) in [4.78, 5) is 16.9. The van der Waals surface area contributed by atoms with Crippen molar-refractivity contribution in [1.29, 1.82) is 0 Å². The fourth-order valence-electron chi connectivity index (χ4n) is 3.23. The second kappa shape index (κ2) is 9.60. The molecule has 29 heavy (non-hydrogen) atoms. The topological polar surface area (TPSA) is 65.4 Å². The van der Waals surface area contributed by atoms with Crippen LogP contribution in [0.5, 0.6) is 11.5 Å². The summed E-state index contributed by atoms with van der Waals surface area (Å²) in [6.45, 7) is 9.72. The molecular formula is C22H27N3O3S. The summed E-state index contributed by atoms with van der Waals surface area (Å²) in [7, 11) is 0. The number of aryl methyl sites for hydroxylation is 1. The maximum atomic E-state index is 12.3. The number of thiazole rings is 1. The highest BCUT2D eigenvalue weighted by Gasteiger charge is 2.15. The van der Waals surface area contributed by atoms with E-state index < -0.39 is 0 Å². The molecule has 0 unspecified atom stereocenters. The fourth-order valence-corrected chi connectivity index (χ4v) is 3.95. The van der Waals surface area contributed by atoms with E-state index in [2.05, 4.69) is 41.7 Å². The van der Waals surface area contributed by atoms with Crippen molar-refractivity contribution in [3.63, 3.8) is 0 Å². The monoisotopic (exact) mass is 413 g/mol. The SMILES string of the molecule is CCCn1c(C)cc(-c2csc(NC(=O)COc3ccccc3OCC)n2)c1C. The van der Waals surface area contributed by atoms with Crippen LogP contribution < -0.4 is 14.8 Å². The number of carbonyl (C=O) groups excluding carboxylic acids is 1. The van der Waals surface area contributed by atoms with Crippen molar-refractivity contribution in [3.05, 3.63) is 47.1 Å². The Kier molecular flexibility index (Phi) is 6.93. The second-order valence-electron chi connectivity index (χ2n) is 6.69. The van der Waals surface area contributed by atoms with Gasteiger partial charge in [-0.25, -0.2) is 4.98 Å². The molecule has 0 saturated heterocycles. The Hall–Kier alpha value is -2.80. The van der Waals surface area contributed by atoms with Crippen molar-refractivity contribution >= 4 is 22.4 Å². The number of nitrogens with one attached hydrogen (secondary N) is 1. The van der Waals surface area contributed by atoms with E-state index in [1.807, 2.05) is 30.5 Å². The van der Waals surface area contributed by atoms with Crippen LogP contribution in [-0.2, 0) is 11.3 Å². The van der Waals surface area contributed by atoms with Crippen molar-refractivity contribution in [1.82, 2.24) is 9.55 Å². The first-order valence-electron chi connectivity index (χ1n) is 9.80. The smallest absolute Gasteiger partial charge is 0.264 e. The summed E-state index contributed by atoms with van der Waals surface area (Å²) in [6, 6.07) is 9.47. The Bertz CT molecular complexity index is 978. The summed E-state index contributed by atoms with van der Waals surface area (Å²) in [5, 5.41) is 5.35. The molecule has 1 N–H and O–H groups in total. The van der Waals surface area contributed by atoms with Crippen LogP contribution >= 0.6 is 11.3 Å². The standard InChI is InChI=1S/C22H27N3O3S/c1-5-11-25-15(3)12-17(16(25)4)18-14-29-22(23-18)24-21(26)13-28-20-10-8-7-9-19(20)27-6-2/h7-10,12,14H,5-6,11,13H2,1-4H3,(H,23,24,26). The van der Waals surface area contributed by atoms with Gasteiger partial charge in [0.15, 0.2) is 23.2 Å². The molecule has 1 amide bonds. The van der Waals surface area contributed by atoms with Crippen molar-refractivity contribution in [3.8, 4) is 22.8 Å². The van der Waals surface area contributed by atoms with E-state index in [1.165, 1.54) is 22.7 Å². The van der Waals surface area contributed by atoms with Gasteiger partial charge in [0.2, 0.25) is 0 Å². The van der Waals surface area contributed by atoms with Crippen LogP contribution in [0.3, 0.4) is 0 Å². The van der Waals surface area contributed by atoms with Gasteiger partial charge in [0.05, 0.1) is 12.3 Å². The molecule has 0 radical (unpaired) electrons. The fraction of sp³-hybridized carbons (Fsp3) is 0.364. The summed E-state index contributed by atoms with van der Waals surface area (Å²) in [6.07, 6.45) is 1.08. The number of amides is 1. The highest BCUT2D eigenvalue weighted by atomic mass is 32.1. The highest BCUT2D eigenvalue weighted by Crippen LogP contribution is 2.30. The summed E-state index contributed by atoms with van der Waals surface area (Å²) in [5.41, 5.74) is 4.40. The van der Waals surface area contributed by atoms with E-state index in [0.717, 1.165) is 24.2 Å². The van der Waals surface area contributed by atoms with E-state index in [-0.39, 0.29) is 12.5 Å². The molecule has 154 valence electrons. The summed E-state index contributed by atoms with van der Waals surface area (Å²) >= 11 is 1.41. The Morgan fingerprint density at radius 1 is 1.17 bits per heavy atom. The molecule has 0 aliphatic carbocycles. The first-order chi connectivity index (χ1) is 14.0. The van der Waals surface area contributed by atoms with Crippen LogP contribution in [-0.4, -0.2) is 28.7 Å². The molecule has 0 bridgehead atoms. The Balaban J connectivity index is 1.63. The molecule has 1 aromatic carbocycles. The Labute approximate surface area is 175 Å². The molecule has 3 rings (SSSR count). The first-order valence-corrected chi connectivity index (χ1v) is 10.7. The number of anilines is 1. The number of nitrogens with zero attached hydrogens (tertiary/aromatic N) is 2. The van der Waals surface area contributed by atoms with Gasteiger partial charge in [0, 0.05) is 28.9 Å². The van der Waals surface area contributed by atoms with Gasteiger partial charge in [0.1, 0.15) is 0 Å². The van der Waals surface area contributed by atoms with Crippen molar-refractivity contribution in [2.45, 2.75) is 40.7 Å². The average molecular weight is 414 g/mol. The minimum absolute atomic E-state index is 0.107. The van der Waals surface area contributed by atoms with E-state index in [0.29, 0.717) is 23.2 Å². The van der Waals surface area contributed by atoms with Gasteiger partial charge in [-0.3, -0.25) is 10.1 Å². The van der Waals surface area contributed by atoms with Crippen LogP contribution in [0.4, 0.5) is 5.13 Å². The molecule has 6 nitrogen and oxygen atoms in total. The zero-order valence-corrected chi connectivity index (χ0v) is 18.1.